The molecule has 0 saturated carbocycles. The maximum Gasteiger partial charge on any atom is 0.360 e. The molecule has 0 saturated heterocycles. The maximum absolute atomic E-state index is 2.51. The third-order valence-electron chi connectivity index (χ3n) is 24.6. The quantitative estimate of drug-likeness (QED) is 0.0769. The van der Waals surface area contributed by atoms with Gasteiger partial charge in [-0.15, -0.1) is 0 Å². The topological polar surface area (TPSA) is 49.7 Å². The third-order valence-corrected chi connectivity index (χ3v) is 24.6. The number of imidazole rings is 3. The molecule has 122 heavy (non-hydrogen) atoms. The van der Waals surface area contributed by atoms with Gasteiger partial charge >= 0.3 is 17.5 Å². The van der Waals surface area contributed by atoms with Crippen LogP contribution in [0.4, 0.5) is 0 Å². The van der Waals surface area contributed by atoms with E-state index in [1.807, 2.05) is 0 Å². The van der Waals surface area contributed by atoms with E-state index in [0.29, 0.717) is 35.5 Å². The molecular formula is C110H121N12+9. The predicted molar refractivity (Wildman–Crippen MR) is 496 cm³/mol. The Morgan fingerprint density at radius 1 is 0.213 bits per heavy atom. The first-order valence-electron chi connectivity index (χ1n) is 43.4. The summed E-state index contributed by atoms with van der Waals surface area (Å²) in [7, 11) is 19.5. The molecule has 17 rings (SSSR count). The predicted octanol–water partition coefficient (Wildman–Crippen LogP) is 20.9. The first-order chi connectivity index (χ1) is 58.8. The Kier molecular flexibility index (Phi) is 24.5. The standard InChI is InChI=1S/2C38H41N4.C34H39N4/c1-26(2)30-17-13-18-31(27(3)4)37(30)42-35-20-12-11-19-34(35)41(7)38(42)36-22-14-21-33(40(36)6)32-24-23-29(25-39(32)5)28-15-9-8-10-16-28;1-26(2)30-17-13-18-31(27(3)4)37(30)42-34-20-12-11-19-32(34)41(7)38(42)35-22-14-21-33(40(35)6)36-25-29(23-24-39(36)5)28-15-9-8-10-16-28;1-24(2)28-15-11-16-29(25(3)4)33(28)38-22-21-35(5)34(38)32-18-12-17-31(37(32)7)30-20-19-27(23-36(30)6)26-13-9-8-10-14-26/h2*8-27H,1-7H3;8-25H,1-7H3/q3*+3. The van der Waals surface area contributed by atoms with E-state index in [1.54, 1.807) is 0 Å². The summed E-state index contributed by atoms with van der Waals surface area (Å²) in [6, 6.07) is 103. The van der Waals surface area contributed by atoms with Gasteiger partial charge in [0.2, 0.25) is 0 Å². The lowest BCUT2D eigenvalue weighted by Gasteiger charge is -2.18. The number of fused-ring (bicyclic) bond motifs is 2. The van der Waals surface area contributed by atoms with Crippen molar-refractivity contribution in [3.63, 3.8) is 0 Å². The van der Waals surface area contributed by atoms with Crippen molar-refractivity contribution in [2.24, 2.45) is 63.4 Å². The van der Waals surface area contributed by atoms with Crippen molar-refractivity contribution in [2.75, 3.05) is 0 Å². The summed E-state index contributed by atoms with van der Waals surface area (Å²) in [4.78, 5) is 0. The van der Waals surface area contributed by atoms with E-state index < -0.39 is 0 Å². The Hall–Kier alpha value is -13.2. The summed E-state index contributed by atoms with van der Waals surface area (Å²) >= 11 is 0. The number of hydrogen-bond acceptors (Lipinski definition) is 0. The lowest BCUT2D eigenvalue weighted by atomic mass is 9.92. The van der Waals surface area contributed by atoms with Crippen molar-refractivity contribution >= 4 is 22.1 Å². The average Bonchev–Trinajstić information content (AvgIpc) is 1.57. The molecule has 12 heteroatoms. The van der Waals surface area contributed by atoms with Crippen LogP contribution in [0.3, 0.4) is 0 Å². The van der Waals surface area contributed by atoms with Gasteiger partial charge in [0, 0.05) is 105 Å². The van der Waals surface area contributed by atoms with E-state index in [9.17, 15) is 0 Å². The number of nitrogens with zero attached hydrogens (tertiary/aromatic N) is 12. The number of aryl methyl sites for hydroxylation is 6. The Morgan fingerprint density at radius 2 is 0.525 bits per heavy atom. The first kappa shape index (κ1) is 83.9. The molecule has 0 amide bonds. The molecule has 0 unspecified atom stereocenters. The Bertz CT molecular complexity index is 6610. The number of aromatic nitrogens is 12. The van der Waals surface area contributed by atoms with Gasteiger partial charge in [-0.25, -0.2) is 13.7 Å². The summed E-state index contributed by atoms with van der Waals surface area (Å²) in [5.74, 6) is 5.89. The zero-order chi connectivity index (χ0) is 86.1. The summed E-state index contributed by atoms with van der Waals surface area (Å²) < 4.78 is 28.1. The van der Waals surface area contributed by atoms with E-state index >= 15 is 0 Å². The lowest BCUT2D eigenvalue weighted by Crippen LogP contribution is -2.43. The zero-order valence-corrected chi connectivity index (χ0v) is 75.4. The highest BCUT2D eigenvalue weighted by Crippen LogP contribution is 2.40. The van der Waals surface area contributed by atoms with E-state index in [0.717, 1.165) is 51.5 Å². The van der Waals surface area contributed by atoms with Crippen LogP contribution < -0.4 is 41.1 Å². The van der Waals surface area contributed by atoms with Gasteiger partial charge < -0.3 is 0 Å². The molecule has 0 fully saturated rings. The second kappa shape index (κ2) is 35.6. The van der Waals surface area contributed by atoms with E-state index in [2.05, 4.69) is 517 Å². The minimum absolute atomic E-state index is 0.387. The molecule has 0 aliphatic carbocycles. The van der Waals surface area contributed by atoms with Crippen LogP contribution in [0.2, 0.25) is 0 Å². The number of pyridine rings is 6. The molecular weight excluding hydrogens is 1490 g/mol. The average molecular weight is 1610 g/mol. The molecule has 0 atom stereocenters. The van der Waals surface area contributed by atoms with Gasteiger partial charge in [-0.3, -0.25) is 0 Å². The summed E-state index contributed by atoms with van der Waals surface area (Å²) in [6.45, 7) is 27.5. The molecule has 612 valence electrons. The van der Waals surface area contributed by atoms with Crippen molar-refractivity contribution in [1.82, 2.24) is 13.7 Å². The molecule has 8 aromatic carbocycles. The molecule has 12 nitrogen and oxygen atoms in total. The first-order valence-corrected chi connectivity index (χ1v) is 43.4. The van der Waals surface area contributed by atoms with Crippen molar-refractivity contribution in [2.45, 2.75) is 119 Å². The number of benzene rings is 8. The van der Waals surface area contributed by atoms with Crippen molar-refractivity contribution < 1.29 is 41.1 Å². The van der Waals surface area contributed by atoms with Gasteiger partial charge in [0.05, 0.1) is 21.1 Å². The van der Waals surface area contributed by atoms with Gasteiger partial charge in [0.15, 0.2) is 40.7 Å². The Labute approximate surface area is 723 Å². The molecule has 0 radical (unpaired) electrons. The fourth-order valence-corrected chi connectivity index (χ4v) is 18.1. The van der Waals surface area contributed by atoms with Crippen LogP contribution in [0.1, 0.15) is 152 Å². The molecule has 17 aromatic rings. The Morgan fingerprint density at radius 3 is 0.885 bits per heavy atom. The highest BCUT2D eigenvalue weighted by atomic mass is 15.2. The molecule has 0 bridgehead atoms. The fourth-order valence-electron chi connectivity index (χ4n) is 18.1. The molecule has 0 N–H and O–H groups in total. The summed E-state index contributed by atoms with van der Waals surface area (Å²) in [5, 5.41) is 0. The zero-order valence-electron chi connectivity index (χ0n) is 75.4. The van der Waals surface area contributed by atoms with E-state index in [4.69, 9.17) is 0 Å². The normalized spacial score (nSPS) is 11.6. The second-order valence-electron chi connectivity index (χ2n) is 34.7. The van der Waals surface area contributed by atoms with Gasteiger partial charge in [0.1, 0.15) is 71.7 Å². The number of hydrogen-bond donors (Lipinski definition) is 0. The van der Waals surface area contributed by atoms with Crippen LogP contribution >= 0.6 is 0 Å². The Balaban J connectivity index is 0.000000142. The van der Waals surface area contributed by atoms with Crippen LogP contribution in [-0.4, -0.2) is 13.7 Å². The molecule has 0 aliphatic heterocycles. The maximum atomic E-state index is 2.51. The minimum atomic E-state index is 0.387. The lowest BCUT2D eigenvalue weighted by molar-refractivity contribution is -0.697. The largest absolute Gasteiger partial charge is 0.360 e. The minimum Gasteiger partial charge on any atom is -0.227 e. The highest BCUT2D eigenvalue weighted by molar-refractivity contribution is 5.82. The van der Waals surface area contributed by atoms with E-state index in [-0.39, 0.29) is 0 Å². The highest BCUT2D eigenvalue weighted by Gasteiger charge is 2.40. The number of para-hydroxylation sites is 7. The molecule has 0 aliphatic rings. The monoisotopic (exact) mass is 1610 g/mol. The molecule has 9 heterocycles. The van der Waals surface area contributed by atoms with Gasteiger partial charge in [-0.2, -0.15) is 41.1 Å². The van der Waals surface area contributed by atoms with Crippen molar-refractivity contribution in [1.29, 1.82) is 0 Å². The van der Waals surface area contributed by atoms with Crippen LogP contribution in [0.25, 0.3) is 141 Å². The SMILES string of the molecule is CC(C)c1cccc(C(C)C)c1-n1c(-c2cccc(-c3cc(-c4ccccc4)cc[n+]3C)[n+]2C)[n+](C)c2ccccc21.CC(C)c1cccc(C(C)C)c1-n1c(-c2cccc(-c3ccc(-c4ccccc4)c[n+]3C)[n+]2C)[n+](C)c2ccccc21.CC(C)c1cccc(C(C)C)c1-n1cc[n+](C)c1-c1cccc(-c2ccc(-c3ccccc3)c[n+]2C)[n+]1C. The van der Waals surface area contributed by atoms with Gasteiger partial charge in [0.25, 0.3) is 51.2 Å². The summed E-state index contributed by atoms with van der Waals surface area (Å²) in [6.07, 6.45) is 11.0. The second-order valence-corrected chi connectivity index (χ2v) is 34.7. The van der Waals surface area contributed by atoms with Crippen molar-refractivity contribution in [3.05, 3.63) is 349 Å². The summed E-state index contributed by atoms with van der Waals surface area (Å²) in [5.41, 5.74) is 34.7. The van der Waals surface area contributed by atoms with Gasteiger partial charge in [-0.05, 0) is 112 Å². The fraction of sp³-hybridized carbons (Fsp3) is 0.245. The third kappa shape index (κ3) is 16.1. The number of rotatable bonds is 18. The van der Waals surface area contributed by atoms with Gasteiger partial charge in [-0.1, -0.05) is 253 Å². The molecule has 0 spiro atoms. The van der Waals surface area contributed by atoms with Crippen LogP contribution in [-0.2, 0) is 63.4 Å². The van der Waals surface area contributed by atoms with Crippen LogP contribution in [0.5, 0.6) is 0 Å². The van der Waals surface area contributed by atoms with Crippen LogP contribution in [0.15, 0.2) is 316 Å². The van der Waals surface area contributed by atoms with E-state index in [1.165, 1.54) is 123 Å². The van der Waals surface area contributed by atoms with Crippen molar-refractivity contribution in [3.8, 4) is 119 Å². The van der Waals surface area contributed by atoms with Crippen LogP contribution in [0, 0.1) is 0 Å². The molecule has 9 aromatic heterocycles. The smallest absolute Gasteiger partial charge is 0.227 e.